The van der Waals surface area contributed by atoms with Crippen LogP contribution in [0, 0.1) is 0 Å². The maximum atomic E-state index is 10.0. The third-order valence-corrected chi connectivity index (χ3v) is 1.90. The van der Waals surface area contributed by atoms with E-state index in [0.29, 0.717) is 12.8 Å². The Hall–Kier alpha value is -0.816. The van der Waals surface area contributed by atoms with Crippen molar-refractivity contribution in [2.45, 2.75) is 26.3 Å². The number of hydrogen-bond donors (Lipinski definition) is 3. The van der Waals surface area contributed by atoms with Crippen LogP contribution in [0.5, 0.6) is 0 Å². The number of rotatable bonds is 6. The number of nitrogens with zero attached hydrogens (tertiary/aromatic N) is 1. The van der Waals surface area contributed by atoms with Crippen molar-refractivity contribution in [1.82, 2.24) is 0 Å². The van der Waals surface area contributed by atoms with Gasteiger partial charge >= 0.3 is 5.97 Å². The fraction of sp³-hybridized carbons (Fsp3) is 0.333. The van der Waals surface area contributed by atoms with Crippen molar-refractivity contribution in [2.75, 3.05) is 5.32 Å². The summed E-state index contributed by atoms with van der Waals surface area (Å²) in [5, 5.41) is 18.7. The average molecular weight is 342 g/mol. The average Bonchev–Trinajstić information content (AvgIpc) is 2.33. The van der Waals surface area contributed by atoms with Crippen molar-refractivity contribution in [3.8, 4) is 0 Å². The van der Waals surface area contributed by atoms with Gasteiger partial charge in [-0.1, -0.05) is 24.6 Å². The van der Waals surface area contributed by atoms with Crippen LogP contribution >= 0.6 is 0 Å². The van der Waals surface area contributed by atoms with Gasteiger partial charge < -0.3 is 21.1 Å². The summed E-state index contributed by atoms with van der Waals surface area (Å²) in [7, 11) is 0. The van der Waals surface area contributed by atoms with Crippen molar-refractivity contribution < 1.29 is 52.6 Å². The molecule has 0 aromatic heterocycles. The smallest absolute Gasteiger partial charge is 0.303 e. The number of aliphatic carboxylic acids is 1. The van der Waals surface area contributed by atoms with Gasteiger partial charge in [-0.15, -0.1) is 6.54 Å². The Labute approximate surface area is 137 Å². The number of hydrogen-bond acceptors (Lipinski definition) is 3. The molecule has 0 heterocycles. The van der Waals surface area contributed by atoms with Crippen LogP contribution < -0.4 is 5.32 Å². The topological polar surface area (TPSA) is 101 Å². The largest absolute Gasteiger partial charge is 0.534 e. The van der Waals surface area contributed by atoms with E-state index in [1.165, 1.54) is 0 Å². The normalized spacial score (nSPS) is 8.53. The van der Waals surface area contributed by atoms with E-state index < -0.39 is 5.97 Å². The summed E-state index contributed by atoms with van der Waals surface area (Å²) in [6.07, 6.45) is 1.64. The monoisotopic (exact) mass is 342 g/mol. The van der Waals surface area contributed by atoms with Crippen molar-refractivity contribution >= 4 is 18.1 Å². The summed E-state index contributed by atoms with van der Waals surface area (Å²) < 4.78 is 0. The molecule has 1 amide bonds. The predicted octanol–water partition coefficient (Wildman–Crippen LogP) is 2.39. The van der Waals surface area contributed by atoms with Gasteiger partial charge in [0.05, 0.1) is 0 Å². The molecule has 0 aliphatic heterocycles. The first-order valence-electron chi connectivity index (χ1n) is 5.45. The zero-order chi connectivity index (χ0) is 13.8. The number of carbonyl (C=O) groups excluding carboxylic acids is 1. The first-order chi connectivity index (χ1) is 8.63. The Morgan fingerprint density at radius 2 is 1.95 bits per heavy atom. The van der Waals surface area contributed by atoms with Crippen LogP contribution in [0.2, 0.25) is 0 Å². The molecule has 0 spiro atoms. The molecule has 0 atom stereocenters. The maximum absolute atomic E-state index is 10.0. The Kier molecular flexibility index (Phi) is 14.7. The molecule has 1 radical (unpaired) electrons. The second-order valence-corrected chi connectivity index (χ2v) is 3.40. The molecule has 0 unspecified atom stereocenters. The van der Waals surface area contributed by atoms with E-state index in [2.05, 4.69) is 10.8 Å². The molecule has 0 bridgehead atoms. The van der Waals surface area contributed by atoms with Gasteiger partial charge in [-0.2, -0.15) is 0 Å². The summed E-state index contributed by atoms with van der Waals surface area (Å²) in [4.78, 5) is 19.6. The second-order valence-electron chi connectivity index (χ2n) is 3.40. The number of benzene rings is 1. The van der Waals surface area contributed by atoms with Crippen LogP contribution in [0.3, 0.4) is 0 Å². The zero-order valence-electron chi connectivity index (χ0n) is 10.7. The van der Waals surface area contributed by atoms with E-state index in [-0.39, 0.29) is 39.3 Å². The van der Waals surface area contributed by atoms with Gasteiger partial charge in [0.15, 0.2) is 0 Å². The molecule has 1 aromatic carbocycles. The van der Waals surface area contributed by atoms with Crippen LogP contribution in [0.15, 0.2) is 24.3 Å². The molecular weight excluding hydrogens is 325 g/mol. The van der Waals surface area contributed by atoms with Crippen LogP contribution in [0.25, 0.3) is 5.48 Å². The Morgan fingerprint density at radius 3 is 2.26 bits per heavy atom. The van der Waals surface area contributed by atoms with Crippen molar-refractivity contribution in [2.24, 2.45) is 0 Å². The standard InChI is InChI=1S/C8H9N2O2.C4H8O2.Y/c11-6-9-8-3-1-7(2-4-8)5-10-12;1-2-3-4(5)6;/h1-4,6,12H,5H2,(H,9,11);2-3H2,1H3,(H,5,6);/q-1;;. The quantitative estimate of drug-likeness (QED) is 0.546. The minimum atomic E-state index is -0.711. The van der Waals surface area contributed by atoms with E-state index in [1.54, 1.807) is 24.3 Å². The van der Waals surface area contributed by atoms with Crippen molar-refractivity contribution in [1.29, 1.82) is 0 Å². The molecule has 7 heteroatoms. The van der Waals surface area contributed by atoms with E-state index in [4.69, 9.17) is 10.3 Å². The van der Waals surface area contributed by atoms with Crippen LogP contribution in [0.4, 0.5) is 5.69 Å². The molecule has 0 aliphatic carbocycles. The SMILES string of the molecule is CCCC(=O)O.O=CNc1ccc(C[N-]O)cc1.[Y]. The van der Waals surface area contributed by atoms with E-state index in [0.717, 1.165) is 17.7 Å². The Bertz CT molecular complexity index is 357. The predicted molar refractivity (Wildman–Crippen MR) is 67.5 cm³/mol. The molecule has 3 N–H and O–H groups in total. The van der Waals surface area contributed by atoms with Crippen molar-refractivity contribution in [3.63, 3.8) is 0 Å². The third-order valence-electron chi connectivity index (χ3n) is 1.90. The van der Waals surface area contributed by atoms with Crippen LogP contribution in [-0.4, -0.2) is 22.7 Å². The van der Waals surface area contributed by atoms with Gasteiger partial charge in [-0.25, -0.2) is 0 Å². The van der Waals surface area contributed by atoms with E-state index >= 15 is 0 Å². The maximum Gasteiger partial charge on any atom is 0.303 e. The zero-order valence-corrected chi connectivity index (χ0v) is 13.6. The molecule has 0 saturated heterocycles. The fourth-order valence-corrected chi connectivity index (χ4v) is 1.07. The minimum Gasteiger partial charge on any atom is -0.534 e. The van der Waals surface area contributed by atoms with Gasteiger partial charge in [-0.3, -0.25) is 9.59 Å². The first-order valence-corrected chi connectivity index (χ1v) is 5.45. The molecule has 0 aliphatic rings. The third kappa shape index (κ3) is 12.0. The summed E-state index contributed by atoms with van der Waals surface area (Å²) in [5.41, 5.74) is 4.62. The number of carboxylic acids is 1. The summed E-state index contributed by atoms with van der Waals surface area (Å²) in [5.74, 6) is -0.711. The van der Waals surface area contributed by atoms with Gasteiger partial charge in [0.25, 0.3) is 0 Å². The molecule has 1 aromatic rings. The first kappa shape index (κ1) is 20.5. The van der Waals surface area contributed by atoms with E-state index in [1.807, 2.05) is 6.92 Å². The van der Waals surface area contributed by atoms with Crippen molar-refractivity contribution in [3.05, 3.63) is 35.3 Å². The number of carboxylic acid groups (broad SMARTS) is 1. The van der Waals surface area contributed by atoms with Gasteiger partial charge in [0.2, 0.25) is 6.41 Å². The van der Waals surface area contributed by atoms with Crippen LogP contribution in [0.1, 0.15) is 25.3 Å². The number of carbonyl (C=O) groups is 2. The number of hydroxylamine groups is 1. The van der Waals surface area contributed by atoms with Gasteiger partial charge in [0, 0.05) is 44.8 Å². The molecular formula is C12H17N2O4Y-. The summed E-state index contributed by atoms with van der Waals surface area (Å²) >= 11 is 0. The summed E-state index contributed by atoms with van der Waals surface area (Å²) in [6.45, 7) is 2.12. The molecule has 19 heavy (non-hydrogen) atoms. The Morgan fingerprint density at radius 1 is 1.37 bits per heavy atom. The molecule has 0 saturated carbocycles. The fourth-order valence-electron chi connectivity index (χ4n) is 1.07. The van der Waals surface area contributed by atoms with Crippen LogP contribution in [-0.2, 0) is 48.8 Å². The van der Waals surface area contributed by atoms with Gasteiger partial charge in [-0.05, 0) is 18.6 Å². The molecule has 0 fully saturated rings. The van der Waals surface area contributed by atoms with E-state index in [9.17, 15) is 9.59 Å². The molecule has 1 rings (SSSR count). The Balaban J connectivity index is 0. The molecule has 103 valence electrons. The summed E-state index contributed by atoms with van der Waals surface area (Å²) in [6, 6.07) is 7.06. The number of amides is 1. The van der Waals surface area contributed by atoms with Gasteiger partial charge in [0.1, 0.15) is 0 Å². The number of nitrogens with one attached hydrogen (secondary N) is 1. The minimum absolute atomic E-state index is 0. The molecule has 6 nitrogen and oxygen atoms in total. The second kappa shape index (κ2) is 13.6. The number of anilines is 1.